The van der Waals surface area contributed by atoms with E-state index in [1.54, 1.807) is 6.08 Å². The number of thiophene rings is 1. The molecule has 0 spiro atoms. The van der Waals surface area contributed by atoms with Crippen LogP contribution in [0.1, 0.15) is 29.9 Å². The van der Waals surface area contributed by atoms with Crippen molar-refractivity contribution in [1.29, 1.82) is 10.5 Å². The first-order valence-electron chi connectivity index (χ1n) is 7.33. The van der Waals surface area contributed by atoms with Gasteiger partial charge in [-0.05, 0) is 34.4 Å². The van der Waals surface area contributed by atoms with Crippen molar-refractivity contribution >= 4 is 22.7 Å². The molecule has 0 unspecified atom stereocenters. The highest BCUT2D eigenvalue weighted by Gasteiger charge is 2.43. The molecule has 3 nitrogen and oxygen atoms in total. The Bertz CT molecular complexity index is 808. The minimum absolute atomic E-state index is 0.0141. The highest BCUT2D eigenvalue weighted by molar-refractivity contribution is 7.08. The lowest BCUT2D eigenvalue weighted by Crippen LogP contribution is -2.25. The predicted octanol–water partition coefficient (Wildman–Crippen LogP) is 4.31. The third-order valence-electron chi connectivity index (χ3n) is 4.34. The number of ketones is 1. The number of nitrogens with zero attached hydrogens (tertiary/aromatic N) is 2. The van der Waals surface area contributed by atoms with Gasteiger partial charge in [-0.3, -0.25) is 4.79 Å². The van der Waals surface area contributed by atoms with Gasteiger partial charge in [-0.15, -0.1) is 0 Å². The monoisotopic (exact) mass is 318 g/mol. The smallest absolute Gasteiger partial charge is 0.163 e. The summed E-state index contributed by atoms with van der Waals surface area (Å²) in [4.78, 5) is 12.8. The van der Waals surface area contributed by atoms with Crippen LogP contribution in [0.5, 0.6) is 0 Å². The molecule has 1 aromatic heterocycles. The SMILES string of the molecule is N#CC1(C#N)CC=C(c2ccccc2)C(=O)C[C@H]1c1ccsc1. The van der Waals surface area contributed by atoms with Crippen molar-refractivity contribution in [3.63, 3.8) is 0 Å². The van der Waals surface area contributed by atoms with Gasteiger partial charge in [0.25, 0.3) is 0 Å². The van der Waals surface area contributed by atoms with Gasteiger partial charge >= 0.3 is 0 Å². The van der Waals surface area contributed by atoms with Crippen molar-refractivity contribution < 1.29 is 4.79 Å². The highest BCUT2D eigenvalue weighted by atomic mass is 32.1. The summed E-state index contributed by atoms with van der Waals surface area (Å²) >= 11 is 1.51. The molecule has 0 fully saturated rings. The van der Waals surface area contributed by atoms with Gasteiger partial charge in [-0.1, -0.05) is 36.4 Å². The highest BCUT2D eigenvalue weighted by Crippen LogP contribution is 2.45. The Kier molecular flexibility index (Phi) is 4.10. The average Bonchev–Trinajstić information content (AvgIpc) is 3.07. The predicted molar refractivity (Wildman–Crippen MR) is 89.4 cm³/mol. The Morgan fingerprint density at radius 1 is 1.13 bits per heavy atom. The van der Waals surface area contributed by atoms with Gasteiger partial charge in [0, 0.05) is 17.9 Å². The molecular weight excluding hydrogens is 304 g/mol. The van der Waals surface area contributed by atoms with Crippen molar-refractivity contribution in [2.24, 2.45) is 5.41 Å². The van der Waals surface area contributed by atoms with E-state index in [-0.39, 0.29) is 18.6 Å². The normalized spacial score (nSPS) is 20.0. The number of nitriles is 2. The van der Waals surface area contributed by atoms with Crippen LogP contribution in [0.15, 0.2) is 53.2 Å². The van der Waals surface area contributed by atoms with Crippen molar-refractivity contribution in [3.8, 4) is 12.1 Å². The minimum atomic E-state index is -1.20. The topological polar surface area (TPSA) is 64.7 Å². The van der Waals surface area contributed by atoms with Crippen molar-refractivity contribution in [2.75, 3.05) is 0 Å². The van der Waals surface area contributed by atoms with Gasteiger partial charge in [0.15, 0.2) is 11.2 Å². The summed E-state index contributed by atoms with van der Waals surface area (Å²) < 4.78 is 0. The molecule has 0 saturated carbocycles. The van der Waals surface area contributed by atoms with Crippen molar-refractivity contribution in [1.82, 2.24) is 0 Å². The van der Waals surface area contributed by atoms with Gasteiger partial charge in [-0.25, -0.2) is 0 Å². The van der Waals surface area contributed by atoms with E-state index >= 15 is 0 Å². The maximum atomic E-state index is 12.8. The summed E-state index contributed by atoms with van der Waals surface area (Å²) in [7, 11) is 0. The summed E-state index contributed by atoms with van der Waals surface area (Å²) in [6, 6.07) is 15.7. The van der Waals surface area contributed by atoms with Gasteiger partial charge < -0.3 is 0 Å². The van der Waals surface area contributed by atoms with Crippen LogP contribution in [0.25, 0.3) is 5.57 Å². The zero-order valence-corrected chi connectivity index (χ0v) is 13.2. The van der Waals surface area contributed by atoms with Crippen LogP contribution in [0, 0.1) is 28.1 Å². The van der Waals surface area contributed by atoms with Crippen LogP contribution in [-0.4, -0.2) is 5.78 Å². The first-order valence-corrected chi connectivity index (χ1v) is 8.28. The Balaban J connectivity index is 2.07. The molecule has 1 aromatic carbocycles. The zero-order valence-electron chi connectivity index (χ0n) is 12.4. The number of hydrogen-bond acceptors (Lipinski definition) is 4. The number of rotatable bonds is 2. The molecule has 1 atom stereocenters. The molecule has 3 rings (SSSR count). The first-order chi connectivity index (χ1) is 11.2. The van der Waals surface area contributed by atoms with Crippen molar-refractivity contribution in [3.05, 3.63) is 64.4 Å². The summed E-state index contributed by atoms with van der Waals surface area (Å²) in [5.41, 5.74) is 1.15. The Morgan fingerprint density at radius 2 is 1.87 bits per heavy atom. The zero-order chi connectivity index (χ0) is 16.3. The van der Waals surface area contributed by atoms with Gasteiger partial charge in [0.05, 0.1) is 12.1 Å². The summed E-state index contributed by atoms with van der Waals surface area (Å²) in [5, 5.41) is 23.2. The molecule has 4 heteroatoms. The van der Waals surface area contributed by atoms with Crippen LogP contribution in [0.3, 0.4) is 0 Å². The van der Waals surface area contributed by atoms with E-state index in [0.717, 1.165) is 11.1 Å². The number of carbonyl (C=O) groups excluding carboxylic acids is 1. The number of Topliss-reactive ketones (excluding diaryl/α,β-unsaturated/α-hetero) is 1. The fraction of sp³-hybridized carbons (Fsp3) is 0.211. The van der Waals surface area contributed by atoms with Crippen molar-refractivity contribution in [2.45, 2.75) is 18.8 Å². The molecule has 1 aliphatic carbocycles. The fourth-order valence-electron chi connectivity index (χ4n) is 3.03. The second-order valence-corrected chi connectivity index (χ2v) is 6.40. The second-order valence-electron chi connectivity index (χ2n) is 5.62. The molecule has 0 saturated heterocycles. The third-order valence-corrected chi connectivity index (χ3v) is 5.04. The quantitative estimate of drug-likeness (QED) is 0.828. The molecule has 112 valence electrons. The van der Waals surface area contributed by atoms with Crippen LogP contribution in [0.4, 0.5) is 0 Å². The average molecular weight is 318 g/mol. The van der Waals surface area contributed by atoms with E-state index < -0.39 is 11.3 Å². The van der Waals surface area contributed by atoms with Crippen LogP contribution < -0.4 is 0 Å². The van der Waals surface area contributed by atoms with E-state index in [1.165, 1.54) is 11.3 Å². The van der Waals surface area contributed by atoms with Gasteiger partial charge in [-0.2, -0.15) is 21.9 Å². The standard InChI is InChI=1S/C19H14N2OS/c20-12-19(13-21)8-6-16(14-4-2-1-3-5-14)18(22)10-17(19)15-7-9-23-11-15/h1-7,9,11,17H,8,10H2/t17-/m0/s1. The number of carbonyl (C=O) groups is 1. The lowest BCUT2D eigenvalue weighted by molar-refractivity contribution is -0.114. The maximum Gasteiger partial charge on any atom is 0.163 e. The van der Waals surface area contributed by atoms with Gasteiger partial charge in [0.2, 0.25) is 0 Å². The van der Waals surface area contributed by atoms with E-state index in [4.69, 9.17) is 0 Å². The third kappa shape index (κ3) is 2.70. The van der Waals surface area contributed by atoms with Crippen LogP contribution in [-0.2, 0) is 4.79 Å². The fourth-order valence-corrected chi connectivity index (χ4v) is 3.75. The molecule has 2 aromatic rings. The summed E-state index contributed by atoms with van der Waals surface area (Å²) in [5.74, 6) is -0.409. The number of hydrogen-bond donors (Lipinski definition) is 0. The second kappa shape index (κ2) is 6.20. The number of benzene rings is 1. The number of allylic oxidation sites excluding steroid dienone is 2. The lowest BCUT2D eigenvalue weighted by atomic mass is 9.71. The first kappa shape index (κ1) is 15.2. The van der Waals surface area contributed by atoms with Crippen LogP contribution >= 0.6 is 11.3 Å². The molecule has 0 N–H and O–H groups in total. The Labute approximate surface area is 139 Å². The molecular formula is C19H14N2OS. The Hall–Kier alpha value is -2.69. The van der Waals surface area contributed by atoms with Crippen LogP contribution in [0.2, 0.25) is 0 Å². The molecule has 1 aliphatic rings. The molecule has 0 radical (unpaired) electrons. The summed E-state index contributed by atoms with van der Waals surface area (Å²) in [6.07, 6.45) is 2.20. The Morgan fingerprint density at radius 3 is 2.48 bits per heavy atom. The van der Waals surface area contributed by atoms with E-state index in [1.807, 2.05) is 47.2 Å². The largest absolute Gasteiger partial charge is 0.294 e. The lowest BCUT2D eigenvalue weighted by Gasteiger charge is -2.25. The van der Waals surface area contributed by atoms with Gasteiger partial charge in [0.1, 0.15) is 0 Å². The summed E-state index contributed by atoms with van der Waals surface area (Å²) in [6.45, 7) is 0. The van der Waals surface area contributed by atoms with E-state index in [2.05, 4.69) is 12.1 Å². The molecule has 0 bridgehead atoms. The molecule has 23 heavy (non-hydrogen) atoms. The molecule has 0 aliphatic heterocycles. The minimum Gasteiger partial charge on any atom is -0.294 e. The van der Waals surface area contributed by atoms with E-state index in [9.17, 15) is 15.3 Å². The van der Waals surface area contributed by atoms with E-state index in [0.29, 0.717) is 5.57 Å². The molecule has 0 amide bonds. The molecule has 1 heterocycles. The maximum absolute atomic E-state index is 12.8.